The van der Waals surface area contributed by atoms with E-state index in [-0.39, 0.29) is 17.9 Å². The monoisotopic (exact) mass is 337 g/mol. The van der Waals surface area contributed by atoms with Crippen LogP contribution in [0.25, 0.3) is 0 Å². The first kappa shape index (κ1) is 17.5. The second-order valence-electron chi connectivity index (χ2n) is 7.68. The molecular weight excluding hydrogens is 306 g/mol. The molecule has 6 heteroatoms. The van der Waals surface area contributed by atoms with Gasteiger partial charge in [-0.2, -0.15) is 0 Å². The molecule has 0 aromatic carbocycles. The molecule has 3 fully saturated rings. The zero-order valence-electron chi connectivity index (χ0n) is 14.6. The lowest BCUT2D eigenvalue weighted by molar-refractivity contribution is -0.127. The topological polar surface area (TPSA) is 72.9 Å². The summed E-state index contributed by atoms with van der Waals surface area (Å²) in [5.74, 6) is 0.496. The first-order valence-corrected chi connectivity index (χ1v) is 9.66. The Morgan fingerprint density at radius 1 is 0.875 bits per heavy atom. The number of rotatable bonds is 3. The lowest BCUT2D eigenvalue weighted by atomic mass is 9.88. The fraction of sp³-hybridized carbons (Fsp3) is 0.889. The van der Waals surface area contributed by atoms with Gasteiger partial charge in [0.15, 0.2) is 0 Å². The van der Waals surface area contributed by atoms with E-state index in [1.54, 1.807) is 0 Å². The largest absolute Gasteiger partial charge is 0.465 e. The number of likely N-dealkylation sites (tertiary alicyclic amines) is 2. The number of nitrogens with zero attached hydrogens (tertiary/aromatic N) is 2. The maximum absolute atomic E-state index is 12.5. The normalized spacial score (nSPS) is 27.8. The number of nitrogens with one attached hydrogen (secondary N) is 1. The van der Waals surface area contributed by atoms with E-state index in [0.717, 1.165) is 51.6 Å². The van der Waals surface area contributed by atoms with E-state index >= 15 is 0 Å². The van der Waals surface area contributed by atoms with Crippen LogP contribution >= 0.6 is 0 Å². The minimum Gasteiger partial charge on any atom is -0.465 e. The molecule has 24 heavy (non-hydrogen) atoms. The van der Waals surface area contributed by atoms with Crippen molar-refractivity contribution < 1.29 is 14.7 Å². The summed E-state index contributed by atoms with van der Waals surface area (Å²) in [7, 11) is 0. The molecule has 2 saturated heterocycles. The van der Waals surface area contributed by atoms with Gasteiger partial charge < -0.3 is 15.3 Å². The smallest absolute Gasteiger partial charge is 0.407 e. The Labute approximate surface area is 144 Å². The Bertz CT molecular complexity index is 443. The molecule has 2 amide bonds. The number of carboxylic acid groups (broad SMARTS) is 1. The number of hydrogen-bond acceptors (Lipinski definition) is 3. The maximum Gasteiger partial charge on any atom is 0.407 e. The molecule has 3 rings (SSSR count). The van der Waals surface area contributed by atoms with Gasteiger partial charge in [0, 0.05) is 37.6 Å². The fourth-order valence-electron chi connectivity index (χ4n) is 4.56. The zero-order valence-corrected chi connectivity index (χ0v) is 14.6. The van der Waals surface area contributed by atoms with Gasteiger partial charge in [-0.05, 0) is 45.1 Å². The predicted octanol–water partition coefficient (Wildman–Crippen LogP) is 2.29. The van der Waals surface area contributed by atoms with Crippen molar-refractivity contribution in [2.24, 2.45) is 5.92 Å². The number of amides is 2. The molecule has 1 atom stereocenters. The molecule has 0 spiro atoms. The van der Waals surface area contributed by atoms with Crippen molar-refractivity contribution >= 4 is 12.0 Å². The minimum absolute atomic E-state index is 0.230. The van der Waals surface area contributed by atoms with Crippen LogP contribution < -0.4 is 5.32 Å². The molecule has 0 radical (unpaired) electrons. The molecule has 3 aliphatic rings. The summed E-state index contributed by atoms with van der Waals surface area (Å²) in [5, 5.41) is 12.4. The zero-order chi connectivity index (χ0) is 16.9. The molecule has 1 aliphatic carbocycles. The molecule has 0 aromatic heterocycles. The van der Waals surface area contributed by atoms with Crippen LogP contribution in [0.4, 0.5) is 4.79 Å². The fourth-order valence-corrected chi connectivity index (χ4v) is 4.56. The van der Waals surface area contributed by atoms with Gasteiger partial charge in [-0.3, -0.25) is 9.69 Å². The van der Waals surface area contributed by atoms with Gasteiger partial charge in [0.25, 0.3) is 0 Å². The third-order valence-corrected chi connectivity index (χ3v) is 6.03. The van der Waals surface area contributed by atoms with Gasteiger partial charge >= 0.3 is 6.09 Å². The van der Waals surface area contributed by atoms with E-state index in [0.29, 0.717) is 19.1 Å². The average Bonchev–Trinajstić information content (AvgIpc) is 2.63. The van der Waals surface area contributed by atoms with Crippen LogP contribution in [0.3, 0.4) is 0 Å². The highest BCUT2D eigenvalue weighted by molar-refractivity contribution is 5.79. The lowest BCUT2D eigenvalue weighted by Gasteiger charge is -2.42. The van der Waals surface area contributed by atoms with Gasteiger partial charge in [-0.1, -0.05) is 19.3 Å². The average molecular weight is 337 g/mol. The highest BCUT2D eigenvalue weighted by atomic mass is 16.4. The molecule has 2 N–H and O–H groups in total. The molecule has 1 saturated carbocycles. The summed E-state index contributed by atoms with van der Waals surface area (Å²) in [4.78, 5) is 27.5. The molecule has 6 nitrogen and oxygen atoms in total. The third-order valence-electron chi connectivity index (χ3n) is 6.03. The van der Waals surface area contributed by atoms with E-state index < -0.39 is 6.09 Å². The van der Waals surface area contributed by atoms with Crippen molar-refractivity contribution in [3.8, 4) is 0 Å². The standard InChI is InChI=1S/C18H31N3O3/c22-17(14-5-2-1-3-6-14)19-15-7-4-10-21(13-15)16-8-11-20(12-9-16)18(23)24/h14-16H,1-13H2,(H,19,22)(H,23,24). The highest BCUT2D eigenvalue weighted by Gasteiger charge is 2.31. The first-order chi connectivity index (χ1) is 11.6. The Hall–Kier alpha value is -1.30. The van der Waals surface area contributed by atoms with E-state index in [1.807, 2.05) is 0 Å². The molecule has 2 aliphatic heterocycles. The number of carbonyl (C=O) groups is 2. The second-order valence-corrected chi connectivity index (χ2v) is 7.68. The summed E-state index contributed by atoms with van der Waals surface area (Å²) in [6, 6.07) is 0.737. The summed E-state index contributed by atoms with van der Waals surface area (Å²) in [6.07, 6.45) is 8.98. The third kappa shape index (κ3) is 4.41. The van der Waals surface area contributed by atoms with E-state index in [2.05, 4.69) is 10.2 Å². The van der Waals surface area contributed by atoms with Crippen molar-refractivity contribution in [1.82, 2.24) is 15.1 Å². The maximum atomic E-state index is 12.5. The van der Waals surface area contributed by atoms with Crippen LogP contribution in [0, 0.1) is 5.92 Å². The van der Waals surface area contributed by atoms with E-state index in [4.69, 9.17) is 5.11 Å². The summed E-state index contributed by atoms with van der Waals surface area (Å²) < 4.78 is 0. The van der Waals surface area contributed by atoms with E-state index in [9.17, 15) is 9.59 Å². The number of hydrogen-bond donors (Lipinski definition) is 2. The highest BCUT2D eigenvalue weighted by Crippen LogP contribution is 2.25. The quantitative estimate of drug-likeness (QED) is 0.829. The molecule has 136 valence electrons. The summed E-state index contributed by atoms with van der Waals surface area (Å²) in [6.45, 7) is 3.27. The van der Waals surface area contributed by atoms with Gasteiger partial charge in [0.05, 0.1) is 0 Å². The lowest BCUT2D eigenvalue weighted by Crippen LogP contribution is -2.54. The molecular formula is C18H31N3O3. The second kappa shape index (κ2) is 8.19. The van der Waals surface area contributed by atoms with Crippen LogP contribution in [0.5, 0.6) is 0 Å². The van der Waals surface area contributed by atoms with Crippen molar-refractivity contribution in [3.63, 3.8) is 0 Å². The van der Waals surface area contributed by atoms with Crippen molar-refractivity contribution in [2.45, 2.75) is 69.9 Å². The Morgan fingerprint density at radius 2 is 1.58 bits per heavy atom. The van der Waals surface area contributed by atoms with Crippen LogP contribution in [0.15, 0.2) is 0 Å². The van der Waals surface area contributed by atoms with Gasteiger partial charge in [-0.25, -0.2) is 4.79 Å². The number of carbonyl (C=O) groups excluding carboxylic acids is 1. The van der Waals surface area contributed by atoms with Gasteiger partial charge in [-0.15, -0.1) is 0 Å². The van der Waals surface area contributed by atoms with Crippen molar-refractivity contribution in [2.75, 3.05) is 26.2 Å². The van der Waals surface area contributed by atoms with Crippen molar-refractivity contribution in [1.29, 1.82) is 0 Å². The van der Waals surface area contributed by atoms with Crippen LogP contribution in [0.2, 0.25) is 0 Å². The van der Waals surface area contributed by atoms with Gasteiger partial charge in [0.1, 0.15) is 0 Å². The SMILES string of the molecule is O=C(NC1CCCN(C2CCN(C(=O)O)CC2)C1)C1CCCCC1. The Morgan fingerprint density at radius 3 is 2.25 bits per heavy atom. The Kier molecular flexibility index (Phi) is 5.98. The van der Waals surface area contributed by atoms with E-state index in [1.165, 1.54) is 24.2 Å². The van der Waals surface area contributed by atoms with Crippen molar-refractivity contribution in [3.05, 3.63) is 0 Å². The first-order valence-electron chi connectivity index (χ1n) is 9.66. The van der Waals surface area contributed by atoms with Crippen LogP contribution in [-0.4, -0.2) is 65.2 Å². The van der Waals surface area contributed by atoms with Gasteiger partial charge in [0.2, 0.25) is 5.91 Å². The summed E-state index contributed by atoms with van der Waals surface area (Å²) in [5.41, 5.74) is 0. The van der Waals surface area contributed by atoms with Crippen LogP contribution in [0.1, 0.15) is 57.8 Å². The van der Waals surface area contributed by atoms with Crippen LogP contribution in [-0.2, 0) is 4.79 Å². The minimum atomic E-state index is -0.801. The molecule has 0 bridgehead atoms. The molecule has 0 aromatic rings. The molecule has 1 unspecified atom stereocenters. The Balaban J connectivity index is 1.46. The summed E-state index contributed by atoms with van der Waals surface area (Å²) >= 11 is 0. The molecule has 2 heterocycles. The number of piperidine rings is 2. The predicted molar refractivity (Wildman–Crippen MR) is 91.9 cm³/mol.